The van der Waals surface area contributed by atoms with Crippen LogP contribution in [0.5, 0.6) is 0 Å². The van der Waals surface area contributed by atoms with Crippen molar-refractivity contribution in [3.63, 3.8) is 0 Å². The van der Waals surface area contributed by atoms with E-state index >= 15 is 0 Å². The minimum absolute atomic E-state index is 0.789. The first-order valence-electron chi connectivity index (χ1n) is 6.50. The average Bonchev–Trinajstić information content (AvgIpc) is 2.96. The molecule has 0 unspecified atom stereocenters. The Morgan fingerprint density at radius 1 is 1.10 bits per heavy atom. The highest BCUT2D eigenvalue weighted by Gasteiger charge is 2.05. The summed E-state index contributed by atoms with van der Waals surface area (Å²) >= 11 is 5.11. The predicted molar refractivity (Wildman–Crippen MR) is 91.7 cm³/mol. The number of para-hydroxylation sites is 1. The van der Waals surface area contributed by atoms with Gasteiger partial charge in [0.15, 0.2) is 0 Å². The fourth-order valence-electron chi connectivity index (χ4n) is 1.97. The second kappa shape index (κ2) is 6.37. The van der Waals surface area contributed by atoms with Gasteiger partial charge in [-0.05, 0) is 36.4 Å². The number of hydrogen-bond acceptors (Lipinski definition) is 3. The van der Waals surface area contributed by atoms with E-state index in [1.54, 1.807) is 11.8 Å². The van der Waals surface area contributed by atoms with Crippen LogP contribution < -0.4 is 5.73 Å². The third kappa shape index (κ3) is 3.49. The molecular formula is C16H14BrN3S. The molecule has 0 amide bonds. The Morgan fingerprint density at radius 3 is 2.67 bits per heavy atom. The van der Waals surface area contributed by atoms with Crippen molar-refractivity contribution in [2.24, 2.45) is 0 Å². The molecule has 1 heterocycles. The van der Waals surface area contributed by atoms with Crippen LogP contribution in [0.4, 0.5) is 5.69 Å². The van der Waals surface area contributed by atoms with Crippen molar-refractivity contribution in [2.75, 3.05) is 5.73 Å². The van der Waals surface area contributed by atoms with Crippen molar-refractivity contribution < 1.29 is 0 Å². The lowest BCUT2D eigenvalue weighted by atomic mass is 10.3. The van der Waals surface area contributed by atoms with Crippen molar-refractivity contribution in [2.45, 2.75) is 10.6 Å². The van der Waals surface area contributed by atoms with Gasteiger partial charge in [-0.3, -0.25) is 0 Å². The summed E-state index contributed by atoms with van der Waals surface area (Å²) in [5.74, 6) is 0.797. The Hall–Kier alpha value is -1.72. The van der Waals surface area contributed by atoms with Crippen LogP contribution in [0.3, 0.4) is 0 Å². The molecule has 106 valence electrons. The van der Waals surface area contributed by atoms with E-state index in [0.29, 0.717) is 0 Å². The van der Waals surface area contributed by atoms with Gasteiger partial charge in [-0.2, -0.15) is 5.10 Å². The molecule has 3 aromatic rings. The summed E-state index contributed by atoms with van der Waals surface area (Å²) in [7, 11) is 0. The second-order valence-electron chi connectivity index (χ2n) is 4.56. The summed E-state index contributed by atoms with van der Waals surface area (Å²) in [6.45, 7) is 0. The fourth-order valence-corrected chi connectivity index (χ4v) is 3.19. The molecule has 0 aliphatic heterocycles. The number of aromatic nitrogens is 2. The van der Waals surface area contributed by atoms with Gasteiger partial charge in [0, 0.05) is 27.0 Å². The van der Waals surface area contributed by atoms with Crippen LogP contribution in [0.1, 0.15) is 5.69 Å². The molecule has 3 rings (SSSR count). The van der Waals surface area contributed by atoms with Gasteiger partial charge in [0.25, 0.3) is 0 Å². The summed E-state index contributed by atoms with van der Waals surface area (Å²) in [5.41, 5.74) is 8.89. The molecule has 0 fully saturated rings. The highest BCUT2D eigenvalue weighted by molar-refractivity contribution is 9.10. The highest BCUT2D eigenvalue weighted by Crippen LogP contribution is 2.30. The molecule has 2 N–H and O–H groups in total. The molecule has 0 aliphatic rings. The molecule has 1 aromatic heterocycles. The Kier molecular flexibility index (Phi) is 4.31. The van der Waals surface area contributed by atoms with Crippen LogP contribution in [-0.4, -0.2) is 9.78 Å². The number of hydrogen-bond donors (Lipinski definition) is 1. The summed E-state index contributed by atoms with van der Waals surface area (Å²) in [6, 6.07) is 18.1. The van der Waals surface area contributed by atoms with Crippen LogP contribution in [0.15, 0.2) is 70.2 Å². The standard InChI is InChI=1S/C16H14BrN3S/c17-12-6-7-16(15(18)10-12)21-11-13-8-9-20(19-13)14-4-2-1-3-5-14/h1-10H,11,18H2. The first kappa shape index (κ1) is 14.2. The predicted octanol–water partition coefficient (Wildman–Crippen LogP) is 4.51. The average molecular weight is 360 g/mol. The van der Waals surface area contributed by atoms with Crippen molar-refractivity contribution in [1.29, 1.82) is 0 Å². The zero-order chi connectivity index (χ0) is 14.7. The maximum atomic E-state index is 6.01. The molecule has 0 atom stereocenters. The molecule has 0 spiro atoms. The minimum Gasteiger partial charge on any atom is -0.398 e. The van der Waals surface area contributed by atoms with E-state index in [2.05, 4.69) is 21.0 Å². The first-order chi connectivity index (χ1) is 10.2. The van der Waals surface area contributed by atoms with Crippen molar-refractivity contribution >= 4 is 33.4 Å². The van der Waals surface area contributed by atoms with Gasteiger partial charge >= 0.3 is 0 Å². The minimum atomic E-state index is 0.789. The maximum absolute atomic E-state index is 6.01. The number of halogens is 1. The van der Waals surface area contributed by atoms with Gasteiger partial charge in [0.05, 0.1) is 11.4 Å². The SMILES string of the molecule is Nc1cc(Br)ccc1SCc1ccn(-c2ccccc2)n1. The van der Waals surface area contributed by atoms with Gasteiger partial charge in [0.2, 0.25) is 0 Å². The first-order valence-corrected chi connectivity index (χ1v) is 8.28. The number of rotatable bonds is 4. The lowest BCUT2D eigenvalue weighted by Crippen LogP contribution is -1.95. The van der Waals surface area contributed by atoms with Gasteiger partial charge < -0.3 is 5.73 Å². The third-order valence-electron chi connectivity index (χ3n) is 3.01. The molecule has 0 saturated carbocycles. The number of nitrogens with zero attached hydrogens (tertiary/aromatic N) is 2. The van der Waals surface area contributed by atoms with Crippen LogP contribution in [0.2, 0.25) is 0 Å². The van der Waals surface area contributed by atoms with Crippen molar-refractivity contribution in [3.8, 4) is 5.69 Å². The molecule has 5 heteroatoms. The monoisotopic (exact) mass is 359 g/mol. The largest absolute Gasteiger partial charge is 0.398 e. The summed E-state index contributed by atoms with van der Waals surface area (Å²) < 4.78 is 2.89. The number of nitrogens with two attached hydrogens (primary N) is 1. The van der Waals surface area contributed by atoms with Crippen molar-refractivity contribution in [1.82, 2.24) is 9.78 Å². The Labute approximate surface area is 136 Å². The molecule has 0 bridgehead atoms. The van der Waals surface area contributed by atoms with Gasteiger partial charge in [-0.15, -0.1) is 11.8 Å². The normalized spacial score (nSPS) is 10.7. The number of benzene rings is 2. The lowest BCUT2D eigenvalue weighted by Gasteiger charge is -2.04. The van der Waals surface area contributed by atoms with E-state index in [-0.39, 0.29) is 0 Å². The van der Waals surface area contributed by atoms with Crippen LogP contribution in [0.25, 0.3) is 5.69 Å². The zero-order valence-corrected chi connectivity index (χ0v) is 13.6. The topological polar surface area (TPSA) is 43.8 Å². The molecule has 0 aliphatic carbocycles. The Morgan fingerprint density at radius 2 is 1.90 bits per heavy atom. The van der Waals surface area contributed by atoms with E-state index in [1.807, 2.05) is 65.5 Å². The maximum Gasteiger partial charge on any atom is 0.0731 e. The molecule has 3 nitrogen and oxygen atoms in total. The molecule has 2 aromatic carbocycles. The van der Waals surface area contributed by atoms with Gasteiger partial charge in [-0.25, -0.2) is 4.68 Å². The molecular weight excluding hydrogens is 346 g/mol. The number of thioether (sulfide) groups is 1. The summed E-state index contributed by atoms with van der Waals surface area (Å²) in [4.78, 5) is 1.08. The molecule has 0 saturated heterocycles. The van der Waals surface area contributed by atoms with E-state index in [9.17, 15) is 0 Å². The van der Waals surface area contributed by atoms with Crippen molar-refractivity contribution in [3.05, 3.63) is 71.0 Å². The van der Waals surface area contributed by atoms with E-state index in [1.165, 1.54) is 0 Å². The fraction of sp³-hybridized carbons (Fsp3) is 0.0625. The quantitative estimate of drug-likeness (QED) is 0.550. The van der Waals surface area contributed by atoms with E-state index < -0.39 is 0 Å². The Bertz CT molecular complexity index is 740. The summed E-state index contributed by atoms with van der Waals surface area (Å²) in [5, 5.41) is 4.59. The van der Waals surface area contributed by atoms with E-state index in [4.69, 9.17) is 5.73 Å². The van der Waals surface area contributed by atoms with Crippen LogP contribution in [0, 0.1) is 0 Å². The van der Waals surface area contributed by atoms with Gasteiger partial charge in [0.1, 0.15) is 0 Å². The van der Waals surface area contributed by atoms with Crippen LogP contribution in [-0.2, 0) is 5.75 Å². The summed E-state index contributed by atoms with van der Waals surface area (Å²) in [6.07, 6.45) is 1.98. The van der Waals surface area contributed by atoms with Gasteiger partial charge in [-0.1, -0.05) is 34.1 Å². The molecule has 21 heavy (non-hydrogen) atoms. The third-order valence-corrected chi connectivity index (χ3v) is 4.63. The molecule has 0 radical (unpaired) electrons. The smallest absolute Gasteiger partial charge is 0.0731 e. The number of nitrogen functional groups attached to an aromatic ring is 1. The number of anilines is 1. The second-order valence-corrected chi connectivity index (χ2v) is 6.49. The Balaban J connectivity index is 1.70. The highest BCUT2D eigenvalue weighted by atomic mass is 79.9. The zero-order valence-electron chi connectivity index (χ0n) is 11.2. The van der Waals surface area contributed by atoms with Crippen LogP contribution >= 0.6 is 27.7 Å². The lowest BCUT2D eigenvalue weighted by molar-refractivity contribution is 0.859. The van der Waals surface area contributed by atoms with E-state index in [0.717, 1.165) is 32.2 Å².